The molecule has 0 aliphatic heterocycles. The van der Waals surface area contributed by atoms with E-state index < -0.39 is 10.1 Å². The zero-order valence-electron chi connectivity index (χ0n) is 16.8. The second-order valence-electron chi connectivity index (χ2n) is 6.59. The van der Waals surface area contributed by atoms with E-state index in [9.17, 15) is 13.2 Å². The molecular formula is C21H25N3O4S. The zero-order chi connectivity index (χ0) is 21.4. The summed E-state index contributed by atoms with van der Waals surface area (Å²) in [5, 5.41) is 11.8. The summed E-state index contributed by atoms with van der Waals surface area (Å²) in [6, 6.07) is 15.1. The van der Waals surface area contributed by atoms with Gasteiger partial charge in [0.15, 0.2) is 0 Å². The summed E-state index contributed by atoms with van der Waals surface area (Å²) >= 11 is 0. The van der Waals surface area contributed by atoms with Gasteiger partial charge in [0.25, 0.3) is 0 Å². The van der Waals surface area contributed by atoms with Crippen LogP contribution in [0.5, 0.6) is 5.75 Å². The molecular weight excluding hydrogens is 390 g/mol. The maximum atomic E-state index is 12.9. The molecule has 0 bridgehead atoms. The van der Waals surface area contributed by atoms with Crippen LogP contribution in [-0.4, -0.2) is 31.1 Å². The van der Waals surface area contributed by atoms with Gasteiger partial charge in [0.05, 0.1) is 17.4 Å². The third-order valence-corrected chi connectivity index (χ3v) is 5.61. The first-order valence-corrected chi connectivity index (χ1v) is 10.9. The van der Waals surface area contributed by atoms with E-state index in [-0.39, 0.29) is 30.1 Å². The number of urea groups is 1. The minimum absolute atomic E-state index is 0.0573. The molecule has 0 saturated heterocycles. The van der Waals surface area contributed by atoms with Crippen LogP contribution in [0, 0.1) is 11.3 Å². The number of hydrogen-bond donors (Lipinski definition) is 1. The molecule has 154 valence electrons. The van der Waals surface area contributed by atoms with Crippen LogP contribution in [0.2, 0.25) is 0 Å². The van der Waals surface area contributed by atoms with Gasteiger partial charge in [-0.2, -0.15) is 13.7 Å². The van der Waals surface area contributed by atoms with Gasteiger partial charge in [0.2, 0.25) is 0 Å². The zero-order valence-corrected chi connectivity index (χ0v) is 17.6. The first-order valence-electron chi connectivity index (χ1n) is 9.36. The molecule has 0 aliphatic carbocycles. The van der Waals surface area contributed by atoms with Crippen molar-refractivity contribution in [2.24, 2.45) is 0 Å². The predicted molar refractivity (Wildman–Crippen MR) is 112 cm³/mol. The Balaban J connectivity index is 2.20. The van der Waals surface area contributed by atoms with Gasteiger partial charge in [-0.1, -0.05) is 25.1 Å². The van der Waals surface area contributed by atoms with Crippen molar-refractivity contribution in [3.63, 3.8) is 0 Å². The topological polar surface area (TPSA) is 99.5 Å². The molecule has 0 radical (unpaired) electrons. The number of rotatable bonds is 8. The Hall–Kier alpha value is -3.05. The third-order valence-electron chi connectivity index (χ3n) is 4.45. The Kier molecular flexibility index (Phi) is 7.62. The summed E-state index contributed by atoms with van der Waals surface area (Å²) in [6.45, 7) is 5.71. The lowest BCUT2D eigenvalue weighted by Crippen LogP contribution is -2.40. The van der Waals surface area contributed by atoms with Crippen LogP contribution in [0.25, 0.3) is 0 Å². The van der Waals surface area contributed by atoms with Crippen molar-refractivity contribution in [2.75, 3.05) is 11.1 Å². The largest absolute Gasteiger partial charge is 0.382 e. The van der Waals surface area contributed by atoms with E-state index in [0.717, 1.165) is 12.0 Å². The number of hydrogen-bond acceptors (Lipinski definition) is 5. The number of amides is 2. The molecule has 1 N–H and O–H groups in total. The maximum absolute atomic E-state index is 12.9. The fraction of sp³-hybridized carbons (Fsp3) is 0.333. The number of nitrogens with one attached hydrogen (secondary N) is 1. The highest BCUT2D eigenvalue weighted by molar-refractivity contribution is 7.87. The normalized spacial score (nSPS) is 11.9. The van der Waals surface area contributed by atoms with Crippen molar-refractivity contribution < 1.29 is 17.4 Å². The van der Waals surface area contributed by atoms with E-state index in [2.05, 4.69) is 5.32 Å². The molecule has 2 aromatic carbocycles. The predicted octanol–water partition coefficient (Wildman–Crippen LogP) is 4.12. The Morgan fingerprint density at radius 2 is 1.93 bits per heavy atom. The summed E-state index contributed by atoms with van der Waals surface area (Å²) in [5.41, 5.74) is 1.74. The van der Waals surface area contributed by atoms with Crippen LogP contribution in [0.15, 0.2) is 48.5 Å². The Labute approximate surface area is 172 Å². The SMILES string of the molecule is CCC(C)N(Cc1cccc(OS(=O)(=O)CC)c1)C(=O)Nc1cccc(C#N)c1. The fourth-order valence-electron chi connectivity index (χ4n) is 2.61. The van der Waals surface area contributed by atoms with Gasteiger partial charge in [0, 0.05) is 18.3 Å². The average molecular weight is 416 g/mol. The Morgan fingerprint density at radius 1 is 1.21 bits per heavy atom. The number of carbonyl (C=O) groups is 1. The molecule has 2 aromatic rings. The van der Waals surface area contributed by atoms with Gasteiger partial charge >= 0.3 is 16.1 Å². The lowest BCUT2D eigenvalue weighted by molar-refractivity contribution is 0.187. The van der Waals surface area contributed by atoms with Crippen LogP contribution in [0.1, 0.15) is 38.3 Å². The van der Waals surface area contributed by atoms with Crippen LogP contribution < -0.4 is 9.50 Å². The molecule has 0 saturated carbocycles. The summed E-state index contributed by atoms with van der Waals surface area (Å²) in [7, 11) is -3.62. The van der Waals surface area contributed by atoms with Gasteiger partial charge in [-0.25, -0.2) is 4.79 Å². The Morgan fingerprint density at radius 3 is 2.59 bits per heavy atom. The van der Waals surface area contributed by atoms with E-state index in [0.29, 0.717) is 11.3 Å². The van der Waals surface area contributed by atoms with E-state index in [1.807, 2.05) is 26.0 Å². The van der Waals surface area contributed by atoms with Crippen LogP contribution in [-0.2, 0) is 16.7 Å². The van der Waals surface area contributed by atoms with Gasteiger partial charge in [-0.05, 0) is 56.2 Å². The fourth-order valence-corrected chi connectivity index (χ4v) is 3.12. The lowest BCUT2D eigenvalue weighted by atomic mass is 10.1. The third kappa shape index (κ3) is 6.50. The van der Waals surface area contributed by atoms with Crippen LogP contribution in [0.3, 0.4) is 0 Å². The highest BCUT2D eigenvalue weighted by Gasteiger charge is 2.20. The summed E-state index contributed by atoms with van der Waals surface area (Å²) in [6.07, 6.45) is 0.742. The van der Waals surface area contributed by atoms with Crippen molar-refractivity contribution in [2.45, 2.75) is 39.8 Å². The number of benzene rings is 2. The molecule has 1 atom stereocenters. The van der Waals surface area contributed by atoms with Gasteiger partial charge in [0.1, 0.15) is 5.75 Å². The molecule has 0 heterocycles. The first kappa shape index (κ1) is 22.2. The summed E-state index contributed by atoms with van der Waals surface area (Å²) in [4.78, 5) is 14.5. The Bertz CT molecular complexity index is 999. The molecule has 7 nitrogen and oxygen atoms in total. The van der Waals surface area contributed by atoms with Crippen molar-refractivity contribution in [3.05, 3.63) is 59.7 Å². The summed E-state index contributed by atoms with van der Waals surface area (Å²) in [5.74, 6) is 0.0935. The number of carbonyl (C=O) groups excluding carboxylic acids is 1. The molecule has 2 amide bonds. The van der Waals surface area contributed by atoms with Crippen molar-refractivity contribution in [1.29, 1.82) is 5.26 Å². The van der Waals surface area contributed by atoms with Crippen LogP contribution >= 0.6 is 0 Å². The molecule has 0 aromatic heterocycles. The molecule has 29 heavy (non-hydrogen) atoms. The molecule has 0 spiro atoms. The number of nitrogens with zero attached hydrogens (tertiary/aromatic N) is 2. The second kappa shape index (κ2) is 9.94. The maximum Gasteiger partial charge on any atom is 0.322 e. The lowest BCUT2D eigenvalue weighted by Gasteiger charge is -2.29. The molecule has 0 aliphatic rings. The molecule has 0 fully saturated rings. The van der Waals surface area contributed by atoms with E-state index in [4.69, 9.17) is 9.44 Å². The smallest absolute Gasteiger partial charge is 0.322 e. The molecule has 2 rings (SSSR count). The van der Waals surface area contributed by atoms with Crippen molar-refractivity contribution in [1.82, 2.24) is 4.90 Å². The second-order valence-corrected chi connectivity index (χ2v) is 8.44. The number of nitriles is 1. The van der Waals surface area contributed by atoms with Gasteiger partial charge in [-0.3, -0.25) is 0 Å². The standard InChI is InChI=1S/C21H25N3O4S/c1-4-16(3)24(21(25)23-19-10-6-8-17(12-19)14-22)15-18-9-7-11-20(13-18)28-29(26,27)5-2/h6-13,16H,4-5,15H2,1-3H3,(H,23,25). The highest BCUT2D eigenvalue weighted by Crippen LogP contribution is 2.20. The van der Waals surface area contributed by atoms with Gasteiger partial charge < -0.3 is 14.4 Å². The van der Waals surface area contributed by atoms with Crippen molar-refractivity contribution in [3.8, 4) is 11.8 Å². The van der Waals surface area contributed by atoms with E-state index >= 15 is 0 Å². The van der Waals surface area contributed by atoms with Crippen LogP contribution in [0.4, 0.5) is 10.5 Å². The highest BCUT2D eigenvalue weighted by atomic mass is 32.2. The van der Waals surface area contributed by atoms with Gasteiger partial charge in [-0.15, -0.1) is 0 Å². The minimum Gasteiger partial charge on any atom is -0.382 e. The monoisotopic (exact) mass is 415 g/mol. The van der Waals surface area contributed by atoms with E-state index in [1.54, 1.807) is 47.4 Å². The minimum atomic E-state index is -3.62. The first-order chi connectivity index (χ1) is 13.8. The number of anilines is 1. The molecule has 8 heteroatoms. The van der Waals surface area contributed by atoms with E-state index in [1.165, 1.54) is 6.92 Å². The van der Waals surface area contributed by atoms with Crippen molar-refractivity contribution >= 4 is 21.8 Å². The molecule has 1 unspecified atom stereocenters. The average Bonchev–Trinajstić information content (AvgIpc) is 2.71. The quantitative estimate of drug-likeness (QED) is 0.654. The summed E-state index contributed by atoms with van der Waals surface area (Å²) < 4.78 is 28.5.